The zero-order valence-corrected chi connectivity index (χ0v) is 25.9. The number of ether oxygens (including phenoxy) is 1. The van der Waals surface area contributed by atoms with Crippen LogP contribution in [0.2, 0.25) is 0 Å². The minimum Gasteiger partial charge on any atom is -0.480 e. The fourth-order valence-corrected chi connectivity index (χ4v) is 10.8. The van der Waals surface area contributed by atoms with Crippen LogP contribution in [-0.2, 0) is 14.3 Å². The summed E-state index contributed by atoms with van der Waals surface area (Å²) in [5.41, 5.74) is 0.925. The molecule has 0 bridgehead atoms. The van der Waals surface area contributed by atoms with Gasteiger partial charge in [0.15, 0.2) is 5.41 Å². The van der Waals surface area contributed by atoms with Gasteiger partial charge in [-0.1, -0.05) is 65.5 Å². The van der Waals surface area contributed by atoms with E-state index in [0.717, 1.165) is 54.8 Å². The molecule has 0 heterocycles. The minimum atomic E-state index is -1.57. The van der Waals surface area contributed by atoms with Crippen LogP contribution in [0, 0.1) is 57.7 Å². The standard InChI is InChI=1S/C35H56O5/c1-22(2)7-6-8-23(3)28-11-12-29-27-10-9-25-19-26(13-16-33(25,4)30(27)14-17-34(28,29)5)40-18-15-24-20-35(21-24,31(36)37)32(38)39/h9,22-24,26-30H,6-8,10-21H2,1-5H3,(H,36,37)(H,38,39)/t23-,26+,27?,28-,29?,30?,33+,34-/m1/s1. The molecule has 5 heteroatoms. The molecule has 0 radical (unpaired) electrons. The first-order valence-electron chi connectivity index (χ1n) is 16.7. The predicted octanol–water partition coefficient (Wildman–Crippen LogP) is 8.37. The van der Waals surface area contributed by atoms with Crippen molar-refractivity contribution in [3.05, 3.63) is 11.6 Å². The van der Waals surface area contributed by atoms with Gasteiger partial charge < -0.3 is 14.9 Å². The first kappa shape index (κ1) is 30.1. The van der Waals surface area contributed by atoms with Gasteiger partial charge in [0, 0.05) is 6.61 Å². The van der Waals surface area contributed by atoms with Crippen LogP contribution in [0.25, 0.3) is 0 Å². The monoisotopic (exact) mass is 556 g/mol. The summed E-state index contributed by atoms with van der Waals surface area (Å²) in [6, 6.07) is 0. The average molecular weight is 557 g/mol. The highest BCUT2D eigenvalue weighted by Gasteiger charge is 2.59. The van der Waals surface area contributed by atoms with Gasteiger partial charge in [-0.25, -0.2) is 0 Å². The molecule has 5 aliphatic carbocycles. The van der Waals surface area contributed by atoms with Gasteiger partial charge in [0.1, 0.15) is 0 Å². The summed E-state index contributed by atoms with van der Waals surface area (Å²) in [5.74, 6) is 2.88. The van der Waals surface area contributed by atoms with Crippen LogP contribution in [0.3, 0.4) is 0 Å². The summed E-state index contributed by atoms with van der Waals surface area (Å²) < 4.78 is 6.35. The molecule has 0 aliphatic heterocycles. The van der Waals surface area contributed by atoms with E-state index >= 15 is 0 Å². The van der Waals surface area contributed by atoms with Crippen LogP contribution in [0.1, 0.15) is 125 Å². The Balaban J connectivity index is 1.15. The van der Waals surface area contributed by atoms with E-state index in [2.05, 4.69) is 40.7 Å². The third kappa shape index (κ3) is 5.20. The molecule has 5 nitrogen and oxygen atoms in total. The van der Waals surface area contributed by atoms with Crippen molar-refractivity contribution in [1.82, 2.24) is 0 Å². The molecule has 0 aromatic heterocycles. The normalized spacial score (nSPS) is 39.5. The lowest BCUT2D eigenvalue weighted by Gasteiger charge is -2.58. The van der Waals surface area contributed by atoms with E-state index in [9.17, 15) is 19.8 Å². The quantitative estimate of drug-likeness (QED) is 0.197. The van der Waals surface area contributed by atoms with Crippen LogP contribution in [0.4, 0.5) is 0 Å². The number of carboxylic acids is 2. The lowest BCUT2D eigenvalue weighted by Crippen LogP contribution is -2.51. The van der Waals surface area contributed by atoms with E-state index in [1.54, 1.807) is 5.57 Å². The number of rotatable bonds is 11. The summed E-state index contributed by atoms with van der Waals surface area (Å²) in [7, 11) is 0. The zero-order valence-electron chi connectivity index (χ0n) is 25.9. The van der Waals surface area contributed by atoms with Crippen LogP contribution < -0.4 is 0 Å². The number of allylic oxidation sites excluding steroid dienone is 1. The second-order valence-electron chi connectivity index (χ2n) is 15.8. The fourth-order valence-electron chi connectivity index (χ4n) is 10.8. The van der Waals surface area contributed by atoms with E-state index in [4.69, 9.17) is 4.74 Å². The first-order chi connectivity index (χ1) is 18.9. The van der Waals surface area contributed by atoms with Crippen LogP contribution in [0.5, 0.6) is 0 Å². The van der Waals surface area contributed by atoms with Crippen molar-refractivity contribution in [2.24, 2.45) is 57.7 Å². The Morgan fingerprint density at radius 3 is 2.38 bits per heavy atom. The Bertz CT molecular complexity index is 962. The van der Waals surface area contributed by atoms with Crippen molar-refractivity contribution in [1.29, 1.82) is 0 Å². The Hall–Kier alpha value is -1.36. The molecule has 3 unspecified atom stereocenters. The van der Waals surface area contributed by atoms with Gasteiger partial charge >= 0.3 is 11.9 Å². The third-order valence-electron chi connectivity index (χ3n) is 13.2. The molecule has 40 heavy (non-hydrogen) atoms. The van der Waals surface area contributed by atoms with E-state index < -0.39 is 17.4 Å². The molecule has 5 aliphatic rings. The van der Waals surface area contributed by atoms with Crippen LogP contribution >= 0.6 is 0 Å². The number of hydrogen-bond acceptors (Lipinski definition) is 3. The minimum absolute atomic E-state index is 0.139. The Morgan fingerprint density at radius 1 is 0.975 bits per heavy atom. The Morgan fingerprint density at radius 2 is 1.70 bits per heavy atom. The maximum atomic E-state index is 11.4. The van der Waals surface area contributed by atoms with Crippen molar-refractivity contribution in [2.75, 3.05) is 6.61 Å². The van der Waals surface area contributed by atoms with E-state index in [0.29, 0.717) is 17.4 Å². The van der Waals surface area contributed by atoms with Gasteiger partial charge in [-0.3, -0.25) is 9.59 Å². The van der Waals surface area contributed by atoms with Gasteiger partial charge in [0.05, 0.1) is 6.10 Å². The molecule has 226 valence electrons. The smallest absolute Gasteiger partial charge is 0.321 e. The number of carboxylic acid groups (broad SMARTS) is 2. The SMILES string of the molecule is CC(C)CCC[C@@H](C)[C@H]1CCC2C3CC=C4C[C@@H](OCCC5CC(C(=O)O)(C(=O)O)C5)CC[C@]4(C)C3CC[C@@]21C. The highest BCUT2D eigenvalue weighted by atomic mass is 16.5. The Kier molecular flexibility index (Phi) is 8.57. The molecule has 5 rings (SSSR count). The summed E-state index contributed by atoms with van der Waals surface area (Å²) in [4.78, 5) is 22.9. The van der Waals surface area contributed by atoms with Crippen LogP contribution in [-0.4, -0.2) is 34.9 Å². The molecule has 8 atom stereocenters. The second-order valence-corrected chi connectivity index (χ2v) is 15.8. The van der Waals surface area contributed by atoms with E-state index in [1.165, 1.54) is 57.8 Å². The molecular formula is C35H56O5. The summed E-state index contributed by atoms with van der Waals surface area (Å²) in [6.45, 7) is 13.1. The van der Waals surface area contributed by atoms with Gasteiger partial charge in [-0.05, 0) is 123 Å². The van der Waals surface area contributed by atoms with Crippen molar-refractivity contribution in [3.8, 4) is 0 Å². The molecule has 0 saturated heterocycles. The van der Waals surface area contributed by atoms with E-state index in [-0.39, 0.29) is 24.9 Å². The molecule has 2 N–H and O–H groups in total. The maximum absolute atomic E-state index is 11.4. The highest BCUT2D eigenvalue weighted by Crippen LogP contribution is 2.67. The molecule has 4 saturated carbocycles. The van der Waals surface area contributed by atoms with E-state index in [1.807, 2.05) is 0 Å². The highest BCUT2D eigenvalue weighted by molar-refractivity contribution is 5.99. The molecule has 0 spiro atoms. The Labute approximate surface area is 242 Å². The summed E-state index contributed by atoms with van der Waals surface area (Å²) in [5, 5.41) is 18.7. The predicted molar refractivity (Wildman–Crippen MR) is 158 cm³/mol. The number of hydrogen-bond donors (Lipinski definition) is 2. The lowest BCUT2D eigenvalue weighted by atomic mass is 9.47. The maximum Gasteiger partial charge on any atom is 0.321 e. The number of carbonyl (C=O) groups is 2. The van der Waals surface area contributed by atoms with Crippen molar-refractivity contribution in [3.63, 3.8) is 0 Å². The summed E-state index contributed by atoms with van der Waals surface area (Å²) in [6.07, 6.45) is 18.6. The molecular weight excluding hydrogens is 500 g/mol. The molecule has 4 fully saturated rings. The van der Waals surface area contributed by atoms with Crippen molar-refractivity contribution < 1.29 is 24.5 Å². The second kappa shape index (κ2) is 11.4. The first-order valence-corrected chi connectivity index (χ1v) is 16.7. The van der Waals surface area contributed by atoms with Gasteiger partial charge in [-0.2, -0.15) is 0 Å². The van der Waals surface area contributed by atoms with Gasteiger partial charge in [0.25, 0.3) is 0 Å². The summed E-state index contributed by atoms with van der Waals surface area (Å²) >= 11 is 0. The van der Waals surface area contributed by atoms with Gasteiger partial charge in [0.2, 0.25) is 0 Å². The van der Waals surface area contributed by atoms with Crippen molar-refractivity contribution in [2.45, 2.75) is 131 Å². The fraction of sp³-hybridized carbons (Fsp3) is 0.886. The van der Waals surface area contributed by atoms with Crippen molar-refractivity contribution >= 4 is 11.9 Å². The average Bonchev–Trinajstić information content (AvgIpc) is 3.22. The zero-order chi connectivity index (χ0) is 28.9. The largest absolute Gasteiger partial charge is 0.480 e. The molecule has 0 aromatic rings. The third-order valence-corrected chi connectivity index (χ3v) is 13.2. The number of fused-ring (bicyclic) bond motifs is 5. The number of aliphatic carboxylic acids is 2. The topological polar surface area (TPSA) is 83.8 Å². The lowest BCUT2D eigenvalue weighted by molar-refractivity contribution is -0.176. The molecule has 0 amide bonds. The van der Waals surface area contributed by atoms with Crippen LogP contribution in [0.15, 0.2) is 11.6 Å². The van der Waals surface area contributed by atoms with Gasteiger partial charge in [-0.15, -0.1) is 0 Å². The molecule has 0 aromatic carbocycles.